The molecule has 0 radical (unpaired) electrons. The molecule has 0 atom stereocenters. The zero-order chi connectivity index (χ0) is 24.5. The average molecular weight is 477 g/mol. The monoisotopic (exact) mass is 476 g/mol. The molecule has 0 fully saturated rings. The van der Waals surface area contributed by atoms with Crippen LogP contribution in [0.3, 0.4) is 0 Å². The molecule has 1 heterocycles. The maximum Gasteiger partial charge on any atom is 0.269 e. The van der Waals surface area contributed by atoms with Crippen LogP contribution in [0.25, 0.3) is 11.3 Å². The molecule has 4 rings (SSSR count). The molecule has 1 aliphatic heterocycles. The lowest BCUT2D eigenvalue weighted by molar-refractivity contribution is -0.122. The highest BCUT2D eigenvalue weighted by Gasteiger charge is 2.39. The molecular formula is C26H24N2O5S. The number of imide groups is 1. The fourth-order valence-corrected chi connectivity index (χ4v) is 5.12. The van der Waals surface area contributed by atoms with Crippen LogP contribution in [-0.2, 0) is 24.3 Å². The molecule has 0 saturated heterocycles. The molecule has 0 unspecified atom stereocenters. The van der Waals surface area contributed by atoms with Gasteiger partial charge < -0.3 is 4.74 Å². The van der Waals surface area contributed by atoms with Gasteiger partial charge in [0.05, 0.1) is 28.5 Å². The summed E-state index contributed by atoms with van der Waals surface area (Å²) in [6.07, 6.45) is 0. The molecule has 0 bridgehead atoms. The summed E-state index contributed by atoms with van der Waals surface area (Å²) in [7, 11) is -2.38. The third-order valence-corrected chi connectivity index (χ3v) is 7.34. The summed E-state index contributed by atoms with van der Waals surface area (Å²) in [5.74, 6) is -0.618. The van der Waals surface area contributed by atoms with Crippen LogP contribution < -0.4 is 9.21 Å². The van der Waals surface area contributed by atoms with E-state index in [0.717, 1.165) is 9.21 Å². The van der Waals surface area contributed by atoms with E-state index >= 15 is 0 Å². The van der Waals surface area contributed by atoms with Gasteiger partial charge in [0.25, 0.3) is 15.9 Å². The molecule has 174 valence electrons. The number of hydrogen-bond donors (Lipinski definition) is 0. The zero-order valence-electron chi connectivity index (χ0n) is 19.1. The molecule has 1 aliphatic rings. The van der Waals surface area contributed by atoms with Crippen molar-refractivity contribution in [1.29, 1.82) is 0 Å². The van der Waals surface area contributed by atoms with Crippen molar-refractivity contribution in [2.45, 2.75) is 18.7 Å². The van der Waals surface area contributed by atoms with E-state index in [1.165, 1.54) is 26.1 Å². The lowest BCUT2D eigenvalue weighted by atomic mass is 10.0. The lowest BCUT2D eigenvalue weighted by Gasteiger charge is -2.21. The Balaban J connectivity index is 1.92. The Labute approximate surface area is 198 Å². The Kier molecular flexibility index (Phi) is 6.26. The third kappa shape index (κ3) is 3.97. The zero-order valence-corrected chi connectivity index (χ0v) is 19.9. The molecule has 0 spiro atoms. The summed E-state index contributed by atoms with van der Waals surface area (Å²) in [6, 6.07) is 22.0. The Morgan fingerprint density at radius 2 is 1.59 bits per heavy atom. The Bertz CT molecular complexity index is 1380. The SMILES string of the molecule is CCOC(=C1C(=O)N(C(C)=O)c2ccc(N(C)S(=O)(=O)c3ccccc3)cc21)c1ccccc1. The minimum absolute atomic E-state index is 0.148. The first-order chi connectivity index (χ1) is 16.3. The summed E-state index contributed by atoms with van der Waals surface area (Å²) in [5, 5.41) is 0. The molecule has 2 amide bonds. The van der Waals surface area contributed by atoms with E-state index < -0.39 is 21.8 Å². The summed E-state index contributed by atoms with van der Waals surface area (Å²) in [6.45, 7) is 3.43. The number of amides is 2. The molecule has 3 aromatic carbocycles. The van der Waals surface area contributed by atoms with Crippen molar-refractivity contribution in [2.75, 3.05) is 22.9 Å². The van der Waals surface area contributed by atoms with E-state index in [9.17, 15) is 18.0 Å². The second-order valence-electron chi connectivity index (χ2n) is 7.65. The number of sulfonamides is 1. The van der Waals surface area contributed by atoms with Crippen LogP contribution in [0.1, 0.15) is 25.0 Å². The molecule has 7 nitrogen and oxygen atoms in total. The smallest absolute Gasteiger partial charge is 0.269 e. The van der Waals surface area contributed by atoms with E-state index in [0.29, 0.717) is 34.9 Å². The maximum atomic E-state index is 13.4. The van der Waals surface area contributed by atoms with Gasteiger partial charge in [-0.25, -0.2) is 13.3 Å². The van der Waals surface area contributed by atoms with Crippen LogP contribution in [0.15, 0.2) is 83.8 Å². The highest BCUT2D eigenvalue weighted by atomic mass is 32.2. The quantitative estimate of drug-likeness (QED) is 0.391. The first-order valence-electron chi connectivity index (χ1n) is 10.7. The number of ether oxygens (including phenoxy) is 1. The van der Waals surface area contributed by atoms with E-state index in [-0.39, 0.29) is 10.5 Å². The fourth-order valence-electron chi connectivity index (χ4n) is 3.91. The van der Waals surface area contributed by atoms with Crippen molar-refractivity contribution in [1.82, 2.24) is 0 Å². The number of rotatable bonds is 6. The first kappa shape index (κ1) is 23.3. The standard InChI is InChI=1S/C26H24N2O5S/c1-4-33-25(19-11-7-5-8-12-19)24-22-17-20(15-16-23(22)28(18(2)29)26(24)30)27(3)34(31,32)21-13-9-6-10-14-21/h5-17H,4H2,1-3H3. The number of benzene rings is 3. The summed E-state index contributed by atoms with van der Waals surface area (Å²) < 4.78 is 33.4. The molecule has 8 heteroatoms. The van der Waals surface area contributed by atoms with Gasteiger partial charge in [0.1, 0.15) is 5.76 Å². The minimum atomic E-state index is -3.83. The summed E-state index contributed by atoms with van der Waals surface area (Å²) in [5.41, 5.74) is 2.06. The molecule has 0 aliphatic carbocycles. The predicted octanol–water partition coefficient (Wildman–Crippen LogP) is 4.31. The largest absolute Gasteiger partial charge is 0.492 e. The maximum absolute atomic E-state index is 13.4. The number of carbonyl (C=O) groups is 2. The van der Waals surface area contributed by atoms with Crippen molar-refractivity contribution in [2.24, 2.45) is 0 Å². The third-order valence-electron chi connectivity index (χ3n) is 5.54. The lowest BCUT2D eigenvalue weighted by Crippen LogP contribution is -2.31. The Morgan fingerprint density at radius 1 is 0.971 bits per heavy atom. The molecular weight excluding hydrogens is 452 g/mol. The van der Waals surface area contributed by atoms with Crippen molar-refractivity contribution < 1.29 is 22.7 Å². The van der Waals surface area contributed by atoms with Crippen LogP contribution >= 0.6 is 0 Å². The van der Waals surface area contributed by atoms with Crippen molar-refractivity contribution in [3.63, 3.8) is 0 Å². The van der Waals surface area contributed by atoms with E-state index in [1.54, 1.807) is 36.4 Å². The number of hydrogen-bond acceptors (Lipinski definition) is 5. The molecule has 3 aromatic rings. The Morgan fingerprint density at radius 3 is 2.18 bits per heavy atom. The van der Waals surface area contributed by atoms with Crippen LogP contribution in [0.4, 0.5) is 11.4 Å². The first-order valence-corrected chi connectivity index (χ1v) is 12.2. The van der Waals surface area contributed by atoms with E-state index in [2.05, 4.69) is 0 Å². The fraction of sp³-hybridized carbons (Fsp3) is 0.154. The topological polar surface area (TPSA) is 84.0 Å². The van der Waals surface area contributed by atoms with Crippen LogP contribution in [-0.4, -0.2) is 33.9 Å². The van der Waals surface area contributed by atoms with Crippen molar-refractivity contribution >= 4 is 44.5 Å². The van der Waals surface area contributed by atoms with Gasteiger partial charge in [-0.2, -0.15) is 0 Å². The normalized spacial score (nSPS) is 14.6. The second kappa shape index (κ2) is 9.15. The number of nitrogens with zero attached hydrogens (tertiary/aromatic N) is 2. The van der Waals surface area contributed by atoms with Gasteiger partial charge in [0.15, 0.2) is 0 Å². The summed E-state index contributed by atoms with van der Waals surface area (Å²) in [4.78, 5) is 27.0. The van der Waals surface area contributed by atoms with Gasteiger partial charge in [-0.05, 0) is 37.3 Å². The minimum Gasteiger partial charge on any atom is -0.492 e. The molecule has 0 aromatic heterocycles. The highest BCUT2D eigenvalue weighted by molar-refractivity contribution is 7.92. The van der Waals surface area contributed by atoms with Crippen molar-refractivity contribution in [3.05, 3.63) is 90.0 Å². The van der Waals surface area contributed by atoms with Crippen molar-refractivity contribution in [3.8, 4) is 0 Å². The van der Waals surface area contributed by atoms with Gasteiger partial charge in [-0.15, -0.1) is 0 Å². The average Bonchev–Trinajstić information content (AvgIpc) is 3.14. The second-order valence-corrected chi connectivity index (χ2v) is 9.62. The van der Waals surface area contributed by atoms with Gasteiger partial charge in [0.2, 0.25) is 5.91 Å². The molecule has 34 heavy (non-hydrogen) atoms. The van der Waals surface area contributed by atoms with Gasteiger partial charge >= 0.3 is 0 Å². The van der Waals surface area contributed by atoms with Gasteiger partial charge in [-0.3, -0.25) is 13.9 Å². The Hall–Kier alpha value is -3.91. The number of carbonyl (C=O) groups excluding carboxylic acids is 2. The predicted molar refractivity (Wildman–Crippen MR) is 132 cm³/mol. The van der Waals surface area contributed by atoms with E-state index in [1.807, 2.05) is 37.3 Å². The number of anilines is 2. The van der Waals surface area contributed by atoms with Crippen LogP contribution in [0, 0.1) is 0 Å². The summed E-state index contributed by atoms with van der Waals surface area (Å²) >= 11 is 0. The van der Waals surface area contributed by atoms with Crippen LogP contribution in [0.2, 0.25) is 0 Å². The van der Waals surface area contributed by atoms with Gasteiger partial charge in [0, 0.05) is 25.1 Å². The highest BCUT2D eigenvalue weighted by Crippen LogP contribution is 2.43. The molecule has 0 saturated carbocycles. The van der Waals surface area contributed by atoms with Gasteiger partial charge in [-0.1, -0.05) is 48.5 Å². The molecule has 0 N–H and O–H groups in total. The number of fused-ring (bicyclic) bond motifs is 1. The van der Waals surface area contributed by atoms with Crippen LogP contribution in [0.5, 0.6) is 0 Å². The van der Waals surface area contributed by atoms with E-state index in [4.69, 9.17) is 4.74 Å².